The van der Waals surface area contributed by atoms with Gasteiger partial charge in [0, 0.05) is 25.2 Å². The van der Waals surface area contributed by atoms with Gasteiger partial charge in [0.05, 0.1) is 6.73 Å². The van der Waals surface area contributed by atoms with Crippen LogP contribution in [-0.4, -0.2) is 49.6 Å². The zero-order valence-corrected chi connectivity index (χ0v) is 11.1. The van der Waals surface area contributed by atoms with Crippen LogP contribution in [-0.2, 0) is 4.74 Å². The molecule has 0 radical (unpaired) electrons. The predicted octanol–water partition coefficient (Wildman–Crippen LogP) is 2.38. The lowest BCUT2D eigenvalue weighted by molar-refractivity contribution is -0.186. The van der Waals surface area contributed by atoms with Crippen LogP contribution in [0.1, 0.15) is 33.1 Å². The van der Waals surface area contributed by atoms with Gasteiger partial charge in [0.2, 0.25) is 0 Å². The van der Waals surface area contributed by atoms with Crippen molar-refractivity contribution in [2.24, 2.45) is 0 Å². The van der Waals surface area contributed by atoms with Gasteiger partial charge in [-0.2, -0.15) is 13.2 Å². The summed E-state index contributed by atoms with van der Waals surface area (Å²) in [6, 6.07) is 0.680. The number of piperidine rings is 1. The minimum atomic E-state index is -4.23. The lowest BCUT2D eigenvalue weighted by Gasteiger charge is -2.36. The number of alkyl halides is 3. The number of rotatable bonds is 6. The molecule has 0 bridgehead atoms. The molecule has 0 spiro atoms. The number of nitrogens with one attached hydrogen (secondary N) is 1. The van der Waals surface area contributed by atoms with Crippen molar-refractivity contribution in [3.63, 3.8) is 0 Å². The van der Waals surface area contributed by atoms with E-state index in [-0.39, 0.29) is 12.8 Å². The molecule has 1 heterocycles. The molecule has 0 saturated carbocycles. The van der Waals surface area contributed by atoms with Crippen LogP contribution in [0.15, 0.2) is 0 Å². The van der Waals surface area contributed by atoms with Crippen molar-refractivity contribution in [1.82, 2.24) is 10.2 Å². The van der Waals surface area contributed by atoms with E-state index >= 15 is 0 Å². The van der Waals surface area contributed by atoms with Crippen LogP contribution >= 0.6 is 0 Å². The topological polar surface area (TPSA) is 24.5 Å². The van der Waals surface area contributed by atoms with Gasteiger partial charge in [-0.05, 0) is 12.8 Å². The molecule has 0 aromatic carbocycles. The fourth-order valence-corrected chi connectivity index (χ4v) is 2.11. The Bertz CT molecular complexity index is 234. The van der Waals surface area contributed by atoms with E-state index in [2.05, 4.69) is 19.2 Å². The summed E-state index contributed by atoms with van der Waals surface area (Å²) >= 11 is 0. The lowest BCUT2D eigenvalue weighted by atomic mass is 10.0. The zero-order valence-electron chi connectivity index (χ0n) is 11.1. The minimum absolute atomic E-state index is 0.0734. The van der Waals surface area contributed by atoms with Gasteiger partial charge in [-0.1, -0.05) is 20.3 Å². The van der Waals surface area contributed by atoms with E-state index in [9.17, 15) is 13.2 Å². The molecule has 1 unspecified atom stereocenters. The summed E-state index contributed by atoms with van der Waals surface area (Å²) in [5.41, 5.74) is 0. The molecule has 1 saturated heterocycles. The molecule has 108 valence electrons. The summed E-state index contributed by atoms with van der Waals surface area (Å²) < 4.78 is 40.8. The molecule has 1 fully saturated rings. The van der Waals surface area contributed by atoms with Gasteiger partial charge in [0.15, 0.2) is 0 Å². The highest BCUT2D eigenvalue weighted by molar-refractivity contribution is 4.78. The van der Waals surface area contributed by atoms with E-state index in [1.165, 1.54) is 0 Å². The molecule has 3 nitrogen and oxygen atoms in total. The molecule has 1 aliphatic heterocycles. The first-order chi connectivity index (χ1) is 8.38. The van der Waals surface area contributed by atoms with Crippen LogP contribution < -0.4 is 5.32 Å². The van der Waals surface area contributed by atoms with Crippen LogP contribution in [0.4, 0.5) is 13.2 Å². The Balaban J connectivity index is 2.30. The maximum absolute atomic E-state index is 12.0. The molecule has 1 N–H and O–H groups in total. The first kappa shape index (κ1) is 15.7. The van der Waals surface area contributed by atoms with Crippen LogP contribution in [0.2, 0.25) is 0 Å². The summed E-state index contributed by atoms with van der Waals surface area (Å²) in [4.78, 5) is 2.00. The highest BCUT2D eigenvalue weighted by atomic mass is 19.4. The van der Waals surface area contributed by atoms with Gasteiger partial charge in [0.25, 0.3) is 0 Å². The van der Waals surface area contributed by atoms with Crippen molar-refractivity contribution in [3.05, 3.63) is 0 Å². The minimum Gasteiger partial charge on any atom is -0.357 e. The summed E-state index contributed by atoms with van der Waals surface area (Å²) in [5, 5.41) is 3.33. The third-order valence-corrected chi connectivity index (χ3v) is 3.03. The lowest BCUT2D eigenvalue weighted by Crippen LogP contribution is -2.47. The summed E-state index contributed by atoms with van der Waals surface area (Å²) in [7, 11) is 0. The van der Waals surface area contributed by atoms with Crippen LogP contribution in [0.3, 0.4) is 0 Å². The van der Waals surface area contributed by atoms with Gasteiger partial charge >= 0.3 is 6.18 Å². The molecule has 1 aliphatic rings. The molecule has 18 heavy (non-hydrogen) atoms. The fraction of sp³-hybridized carbons (Fsp3) is 1.00. The number of likely N-dealkylation sites (tertiary alicyclic amines) is 1. The van der Waals surface area contributed by atoms with Crippen LogP contribution in [0, 0.1) is 0 Å². The van der Waals surface area contributed by atoms with E-state index in [0.717, 1.165) is 32.4 Å². The predicted molar refractivity (Wildman–Crippen MR) is 64.4 cm³/mol. The fourth-order valence-electron chi connectivity index (χ4n) is 2.11. The molecular formula is C12H23F3N2O. The van der Waals surface area contributed by atoms with Gasteiger partial charge in [-0.15, -0.1) is 0 Å². The Hall–Kier alpha value is -0.330. The Morgan fingerprint density at radius 1 is 1.33 bits per heavy atom. The van der Waals surface area contributed by atoms with Crippen LogP contribution in [0.5, 0.6) is 0 Å². The molecule has 6 heteroatoms. The van der Waals surface area contributed by atoms with Gasteiger partial charge < -0.3 is 10.1 Å². The Morgan fingerprint density at radius 2 is 2.06 bits per heavy atom. The quantitative estimate of drug-likeness (QED) is 0.800. The molecule has 0 aromatic heterocycles. The van der Waals surface area contributed by atoms with Gasteiger partial charge in [0.1, 0.15) is 6.61 Å². The van der Waals surface area contributed by atoms with Crippen molar-refractivity contribution < 1.29 is 17.9 Å². The van der Waals surface area contributed by atoms with E-state index in [0.29, 0.717) is 6.04 Å². The Labute approximate surface area is 107 Å². The van der Waals surface area contributed by atoms with E-state index in [1.54, 1.807) is 0 Å². The second-order valence-corrected chi connectivity index (χ2v) is 5.12. The number of hydrogen-bond acceptors (Lipinski definition) is 3. The maximum atomic E-state index is 12.0. The summed E-state index contributed by atoms with van der Waals surface area (Å²) in [5.74, 6) is 0. The number of ether oxygens (including phenoxy) is 1. The first-order valence-corrected chi connectivity index (χ1v) is 6.50. The molecule has 1 atom stereocenters. The highest BCUT2D eigenvalue weighted by Crippen LogP contribution is 2.18. The Kier molecular flexibility index (Phi) is 6.38. The first-order valence-electron chi connectivity index (χ1n) is 6.50. The number of hydrogen-bond donors (Lipinski definition) is 1. The SMILES string of the molecule is CC(C)NCC1CCCCN1COCC(F)(F)F. The largest absolute Gasteiger partial charge is 0.411 e. The smallest absolute Gasteiger partial charge is 0.357 e. The van der Waals surface area contributed by atoms with Crippen molar-refractivity contribution in [2.75, 3.05) is 26.4 Å². The second-order valence-electron chi connectivity index (χ2n) is 5.12. The molecule has 0 amide bonds. The van der Waals surface area contributed by atoms with Crippen molar-refractivity contribution in [3.8, 4) is 0 Å². The van der Waals surface area contributed by atoms with Crippen molar-refractivity contribution in [2.45, 2.75) is 51.4 Å². The molecule has 0 aliphatic carbocycles. The zero-order chi connectivity index (χ0) is 13.6. The average molecular weight is 268 g/mol. The average Bonchev–Trinajstić information content (AvgIpc) is 2.26. The third-order valence-electron chi connectivity index (χ3n) is 3.03. The van der Waals surface area contributed by atoms with Crippen molar-refractivity contribution in [1.29, 1.82) is 0 Å². The van der Waals surface area contributed by atoms with E-state index in [1.807, 2.05) is 4.90 Å². The standard InChI is InChI=1S/C12H23F3N2O/c1-10(2)16-7-11-5-3-4-6-17(11)9-18-8-12(13,14)15/h10-11,16H,3-9H2,1-2H3. The number of nitrogens with zero attached hydrogens (tertiary/aromatic N) is 1. The van der Waals surface area contributed by atoms with Crippen LogP contribution in [0.25, 0.3) is 0 Å². The molecule has 0 aromatic rings. The second kappa shape index (κ2) is 7.31. The summed E-state index contributed by atoms with van der Waals surface area (Å²) in [6.07, 6.45) is -1.04. The van der Waals surface area contributed by atoms with Gasteiger partial charge in [-0.25, -0.2) is 0 Å². The third kappa shape index (κ3) is 6.56. The summed E-state index contributed by atoms with van der Waals surface area (Å²) in [6.45, 7) is 4.67. The van der Waals surface area contributed by atoms with E-state index < -0.39 is 12.8 Å². The van der Waals surface area contributed by atoms with Gasteiger partial charge in [-0.3, -0.25) is 4.90 Å². The Morgan fingerprint density at radius 3 is 2.67 bits per heavy atom. The highest BCUT2D eigenvalue weighted by Gasteiger charge is 2.29. The van der Waals surface area contributed by atoms with Crippen molar-refractivity contribution >= 4 is 0 Å². The molecule has 1 rings (SSSR count). The number of halogens is 3. The van der Waals surface area contributed by atoms with E-state index in [4.69, 9.17) is 4.74 Å². The normalized spacial score (nSPS) is 22.7. The monoisotopic (exact) mass is 268 g/mol. The molecular weight excluding hydrogens is 245 g/mol. The maximum Gasteiger partial charge on any atom is 0.411 e.